The average Bonchev–Trinajstić information content (AvgIpc) is 2.65. The smallest absolute Gasteiger partial charge is 0.0699 e. The monoisotopic (exact) mass is 249 g/mol. The lowest BCUT2D eigenvalue weighted by molar-refractivity contribution is 0.0510. The van der Waals surface area contributed by atoms with E-state index in [4.69, 9.17) is 9.84 Å². The van der Waals surface area contributed by atoms with Gasteiger partial charge in [0.15, 0.2) is 0 Å². The summed E-state index contributed by atoms with van der Waals surface area (Å²) in [5.74, 6) is 0. The maximum absolute atomic E-state index is 9.03. The Hall–Kier alpha value is -0.900. The van der Waals surface area contributed by atoms with E-state index < -0.39 is 0 Å². The predicted molar refractivity (Wildman–Crippen MR) is 72.3 cm³/mol. The minimum absolute atomic E-state index is 0.121. The van der Waals surface area contributed by atoms with Gasteiger partial charge in [-0.2, -0.15) is 0 Å². The minimum Gasteiger partial charge on any atom is -0.392 e. The van der Waals surface area contributed by atoms with Gasteiger partial charge in [-0.25, -0.2) is 0 Å². The van der Waals surface area contributed by atoms with Gasteiger partial charge in [-0.15, -0.1) is 0 Å². The molecule has 0 aromatic heterocycles. The van der Waals surface area contributed by atoms with Gasteiger partial charge in [0.05, 0.1) is 12.7 Å². The highest BCUT2D eigenvalue weighted by Crippen LogP contribution is 2.13. The van der Waals surface area contributed by atoms with Crippen molar-refractivity contribution in [2.75, 3.05) is 19.7 Å². The number of aliphatic hydroxyl groups is 1. The Morgan fingerprint density at radius 3 is 2.67 bits per heavy atom. The minimum atomic E-state index is 0.121. The highest BCUT2D eigenvalue weighted by atomic mass is 16.5. The zero-order valence-corrected chi connectivity index (χ0v) is 11.1. The largest absolute Gasteiger partial charge is 0.392 e. The van der Waals surface area contributed by atoms with Crippen molar-refractivity contribution in [3.63, 3.8) is 0 Å². The number of ether oxygens (including phenoxy) is 1. The standard InChI is InChI=1S/C15H23NO2/c1-2-15-11-16(8-3-9-18-15)10-13-4-6-14(12-17)7-5-13/h4-7,15,17H,2-3,8-12H2,1H3. The molecule has 1 aliphatic rings. The van der Waals surface area contributed by atoms with Crippen molar-refractivity contribution in [1.82, 2.24) is 4.90 Å². The number of hydrogen-bond donors (Lipinski definition) is 1. The van der Waals surface area contributed by atoms with Crippen molar-refractivity contribution >= 4 is 0 Å². The molecule has 1 N–H and O–H groups in total. The topological polar surface area (TPSA) is 32.7 Å². The maximum atomic E-state index is 9.03. The van der Waals surface area contributed by atoms with Gasteiger partial charge >= 0.3 is 0 Å². The van der Waals surface area contributed by atoms with Crippen molar-refractivity contribution in [2.45, 2.75) is 39.0 Å². The van der Waals surface area contributed by atoms with Crippen LogP contribution in [-0.2, 0) is 17.9 Å². The first kappa shape index (κ1) is 13.5. The molecule has 0 radical (unpaired) electrons. The lowest BCUT2D eigenvalue weighted by Crippen LogP contribution is -2.31. The Balaban J connectivity index is 1.93. The van der Waals surface area contributed by atoms with Gasteiger partial charge in [0.2, 0.25) is 0 Å². The molecule has 1 aromatic carbocycles. The highest BCUT2D eigenvalue weighted by Gasteiger charge is 2.17. The summed E-state index contributed by atoms with van der Waals surface area (Å²) in [4.78, 5) is 2.47. The van der Waals surface area contributed by atoms with Crippen molar-refractivity contribution in [3.05, 3.63) is 35.4 Å². The maximum Gasteiger partial charge on any atom is 0.0699 e. The Kier molecular flexibility index (Phi) is 5.17. The molecule has 18 heavy (non-hydrogen) atoms. The summed E-state index contributed by atoms with van der Waals surface area (Å²) in [6, 6.07) is 8.22. The van der Waals surface area contributed by atoms with Gasteiger partial charge in [-0.3, -0.25) is 4.90 Å². The van der Waals surface area contributed by atoms with Gasteiger partial charge in [0.1, 0.15) is 0 Å². The van der Waals surface area contributed by atoms with E-state index in [-0.39, 0.29) is 6.61 Å². The molecule has 0 bridgehead atoms. The zero-order valence-electron chi connectivity index (χ0n) is 11.1. The van der Waals surface area contributed by atoms with E-state index in [2.05, 4.69) is 24.0 Å². The molecule has 0 saturated carbocycles. The summed E-state index contributed by atoms with van der Waals surface area (Å²) in [5, 5.41) is 9.03. The van der Waals surface area contributed by atoms with E-state index in [1.54, 1.807) is 0 Å². The molecular formula is C15H23NO2. The Morgan fingerprint density at radius 2 is 2.00 bits per heavy atom. The van der Waals surface area contributed by atoms with Crippen LogP contribution in [0.1, 0.15) is 30.9 Å². The van der Waals surface area contributed by atoms with Crippen LogP contribution in [0.4, 0.5) is 0 Å². The van der Waals surface area contributed by atoms with Gasteiger partial charge < -0.3 is 9.84 Å². The first-order valence-corrected chi connectivity index (χ1v) is 6.84. The summed E-state index contributed by atoms with van der Waals surface area (Å²) >= 11 is 0. The van der Waals surface area contributed by atoms with Crippen LogP contribution in [-0.4, -0.2) is 35.8 Å². The molecule has 0 aliphatic carbocycles. The molecule has 100 valence electrons. The molecule has 3 heteroatoms. The average molecular weight is 249 g/mol. The van der Waals surface area contributed by atoms with Crippen LogP contribution in [0.25, 0.3) is 0 Å². The fraction of sp³-hybridized carbons (Fsp3) is 0.600. The van der Waals surface area contributed by atoms with Crippen molar-refractivity contribution in [1.29, 1.82) is 0 Å². The SMILES string of the molecule is CCC1CN(Cc2ccc(CO)cc2)CCCO1. The van der Waals surface area contributed by atoms with Crippen LogP contribution < -0.4 is 0 Å². The van der Waals surface area contributed by atoms with Gasteiger partial charge in [0.25, 0.3) is 0 Å². The summed E-state index contributed by atoms with van der Waals surface area (Å²) in [6.07, 6.45) is 2.58. The molecule has 2 rings (SSSR count). The fourth-order valence-corrected chi connectivity index (χ4v) is 2.37. The molecule has 1 unspecified atom stereocenters. The number of benzene rings is 1. The summed E-state index contributed by atoms with van der Waals surface area (Å²) in [7, 11) is 0. The normalized spacial score (nSPS) is 21.8. The Bertz CT molecular complexity index is 350. The third-order valence-electron chi connectivity index (χ3n) is 3.50. The fourth-order valence-electron chi connectivity index (χ4n) is 2.37. The van der Waals surface area contributed by atoms with E-state index in [9.17, 15) is 0 Å². The van der Waals surface area contributed by atoms with E-state index >= 15 is 0 Å². The number of nitrogens with zero attached hydrogens (tertiary/aromatic N) is 1. The highest BCUT2D eigenvalue weighted by molar-refractivity contribution is 5.21. The molecule has 3 nitrogen and oxygen atoms in total. The van der Waals surface area contributed by atoms with Crippen molar-refractivity contribution < 1.29 is 9.84 Å². The van der Waals surface area contributed by atoms with E-state index in [1.165, 1.54) is 5.56 Å². The lowest BCUT2D eigenvalue weighted by atomic mass is 10.1. The van der Waals surface area contributed by atoms with Crippen LogP contribution in [0.2, 0.25) is 0 Å². The van der Waals surface area contributed by atoms with Crippen LogP contribution in [0.15, 0.2) is 24.3 Å². The van der Waals surface area contributed by atoms with Crippen molar-refractivity contribution in [2.24, 2.45) is 0 Å². The van der Waals surface area contributed by atoms with E-state index in [0.717, 1.165) is 44.6 Å². The number of rotatable bonds is 4. The summed E-state index contributed by atoms with van der Waals surface area (Å²) in [5.41, 5.74) is 2.29. The molecule has 0 spiro atoms. The van der Waals surface area contributed by atoms with E-state index in [1.807, 2.05) is 12.1 Å². The molecule has 1 heterocycles. The second-order valence-electron chi connectivity index (χ2n) is 4.96. The summed E-state index contributed by atoms with van der Waals surface area (Å²) < 4.78 is 5.78. The second kappa shape index (κ2) is 6.88. The van der Waals surface area contributed by atoms with Crippen LogP contribution in [0.3, 0.4) is 0 Å². The van der Waals surface area contributed by atoms with Crippen LogP contribution in [0.5, 0.6) is 0 Å². The molecule has 1 fully saturated rings. The molecule has 1 saturated heterocycles. The first-order chi connectivity index (χ1) is 8.81. The van der Waals surface area contributed by atoms with Crippen molar-refractivity contribution in [3.8, 4) is 0 Å². The second-order valence-corrected chi connectivity index (χ2v) is 4.96. The molecular weight excluding hydrogens is 226 g/mol. The van der Waals surface area contributed by atoms with Gasteiger partial charge in [0, 0.05) is 26.2 Å². The lowest BCUT2D eigenvalue weighted by Gasteiger charge is -2.23. The van der Waals surface area contributed by atoms with Crippen LogP contribution >= 0.6 is 0 Å². The molecule has 1 aromatic rings. The Morgan fingerprint density at radius 1 is 1.28 bits per heavy atom. The van der Waals surface area contributed by atoms with E-state index in [0.29, 0.717) is 6.10 Å². The Labute approximate surface area is 109 Å². The third kappa shape index (κ3) is 3.80. The molecule has 1 aliphatic heterocycles. The van der Waals surface area contributed by atoms with Gasteiger partial charge in [-0.1, -0.05) is 31.2 Å². The molecule has 1 atom stereocenters. The summed E-state index contributed by atoms with van der Waals surface area (Å²) in [6.45, 7) is 6.31. The molecule has 0 amide bonds. The number of hydrogen-bond acceptors (Lipinski definition) is 3. The third-order valence-corrected chi connectivity index (χ3v) is 3.50. The zero-order chi connectivity index (χ0) is 12.8. The van der Waals surface area contributed by atoms with Crippen LogP contribution in [0, 0.1) is 0 Å². The first-order valence-electron chi connectivity index (χ1n) is 6.84. The number of aliphatic hydroxyl groups excluding tert-OH is 1. The van der Waals surface area contributed by atoms with Gasteiger partial charge in [-0.05, 0) is 24.0 Å². The predicted octanol–water partition coefficient (Wildman–Crippen LogP) is 2.18. The quantitative estimate of drug-likeness (QED) is 0.887.